The Balaban J connectivity index is 2.10. The van der Waals surface area contributed by atoms with Crippen LogP contribution in [0.5, 0.6) is 0 Å². The van der Waals surface area contributed by atoms with E-state index in [1.165, 1.54) is 18.2 Å². The van der Waals surface area contributed by atoms with Gasteiger partial charge in [0, 0.05) is 5.69 Å². The van der Waals surface area contributed by atoms with Gasteiger partial charge in [-0.25, -0.2) is 9.18 Å². The number of carbonyl (C=O) groups is 2. The molecule has 2 rings (SSSR count). The predicted molar refractivity (Wildman–Crippen MR) is 91.4 cm³/mol. The lowest BCUT2D eigenvalue weighted by molar-refractivity contribution is 0.0505. The molecule has 0 aliphatic rings. The lowest BCUT2D eigenvalue weighted by atomic mass is 10.1. The average molecular weight is 370 g/mol. The lowest BCUT2D eigenvalue weighted by Gasteiger charge is -2.08. The molecule has 1 amide bonds. The fourth-order valence-corrected chi connectivity index (χ4v) is 2.33. The fraction of sp³-hybridized carbons (Fsp3) is 0.176. The molecule has 0 saturated heterocycles. The van der Waals surface area contributed by atoms with Crippen molar-refractivity contribution in [1.82, 2.24) is 0 Å². The second-order valence-electron chi connectivity index (χ2n) is 4.91. The highest BCUT2D eigenvalue weighted by Crippen LogP contribution is 2.25. The van der Waals surface area contributed by atoms with Crippen molar-refractivity contribution in [3.63, 3.8) is 0 Å². The number of esters is 1. The normalized spacial score (nSPS) is 10.3. The van der Waals surface area contributed by atoms with Gasteiger partial charge in [0.2, 0.25) is 0 Å². The number of amides is 1. The number of anilines is 1. The van der Waals surface area contributed by atoms with Crippen LogP contribution in [-0.4, -0.2) is 18.5 Å². The fourth-order valence-electron chi connectivity index (χ4n) is 1.86. The first-order valence-corrected chi connectivity index (χ1v) is 7.91. The largest absolute Gasteiger partial charge is 0.462 e. The van der Waals surface area contributed by atoms with Gasteiger partial charge in [-0.1, -0.05) is 30.1 Å². The Morgan fingerprint density at radius 1 is 1.12 bits per heavy atom. The molecule has 7 heteroatoms. The van der Waals surface area contributed by atoms with Crippen LogP contribution in [0, 0.1) is 5.82 Å². The molecular formula is C17H14Cl2FNO3. The molecule has 2 aromatic carbocycles. The minimum atomic E-state index is -0.736. The van der Waals surface area contributed by atoms with E-state index in [9.17, 15) is 14.0 Å². The Hall–Kier alpha value is -2.11. The summed E-state index contributed by atoms with van der Waals surface area (Å²) < 4.78 is 18.5. The number of ether oxygens (including phenoxy) is 1. The highest BCUT2D eigenvalue weighted by atomic mass is 35.5. The van der Waals surface area contributed by atoms with Crippen LogP contribution in [0.25, 0.3) is 0 Å². The summed E-state index contributed by atoms with van der Waals surface area (Å²) in [5, 5.41) is 2.45. The zero-order chi connectivity index (χ0) is 17.7. The van der Waals surface area contributed by atoms with Crippen LogP contribution in [0.15, 0.2) is 36.4 Å². The van der Waals surface area contributed by atoms with Gasteiger partial charge in [-0.2, -0.15) is 0 Å². The minimum absolute atomic E-state index is 0.0370. The van der Waals surface area contributed by atoms with Crippen molar-refractivity contribution in [3.8, 4) is 0 Å². The summed E-state index contributed by atoms with van der Waals surface area (Å²) in [4.78, 5) is 23.9. The molecule has 0 fully saturated rings. The number of hydrogen-bond donors (Lipinski definition) is 1. The molecule has 0 spiro atoms. The molecule has 126 valence electrons. The van der Waals surface area contributed by atoms with Crippen molar-refractivity contribution < 1.29 is 18.7 Å². The summed E-state index contributed by atoms with van der Waals surface area (Å²) in [6.07, 6.45) is 0.734. The molecule has 24 heavy (non-hydrogen) atoms. The summed E-state index contributed by atoms with van der Waals surface area (Å²) in [6, 6.07) is 8.27. The maximum absolute atomic E-state index is 13.5. The third-order valence-electron chi connectivity index (χ3n) is 3.07. The highest BCUT2D eigenvalue weighted by molar-refractivity contribution is 6.37. The maximum Gasteiger partial charge on any atom is 0.338 e. The van der Waals surface area contributed by atoms with E-state index in [0.717, 1.165) is 12.5 Å². The smallest absolute Gasteiger partial charge is 0.338 e. The van der Waals surface area contributed by atoms with Gasteiger partial charge in [0.15, 0.2) is 0 Å². The SMILES string of the molecule is CCCOC(=O)c1ccc(NC(=O)c2cc(F)c(Cl)cc2Cl)cc1. The molecule has 0 aliphatic heterocycles. The Morgan fingerprint density at radius 2 is 1.79 bits per heavy atom. The molecule has 0 bridgehead atoms. The van der Waals surface area contributed by atoms with Crippen LogP contribution in [-0.2, 0) is 4.74 Å². The van der Waals surface area contributed by atoms with E-state index in [1.54, 1.807) is 12.1 Å². The van der Waals surface area contributed by atoms with Crippen molar-refractivity contribution in [1.29, 1.82) is 0 Å². The van der Waals surface area contributed by atoms with E-state index >= 15 is 0 Å². The molecule has 0 unspecified atom stereocenters. The molecule has 0 radical (unpaired) electrons. The van der Waals surface area contributed by atoms with Crippen molar-refractivity contribution in [2.45, 2.75) is 13.3 Å². The number of halogens is 3. The number of carbonyl (C=O) groups excluding carboxylic acids is 2. The summed E-state index contributed by atoms with van der Waals surface area (Å²) in [6.45, 7) is 2.24. The van der Waals surface area contributed by atoms with E-state index in [1.807, 2.05) is 6.92 Å². The molecule has 4 nitrogen and oxygen atoms in total. The monoisotopic (exact) mass is 369 g/mol. The van der Waals surface area contributed by atoms with E-state index < -0.39 is 17.7 Å². The minimum Gasteiger partial charge on any atom is -0.462 e. The van der Waals surface area contributed by atoms with Gasteiger partial charge in [0.05, 0.1) is 27.8 Å². The maximum atomic E-state index is 13.5. The van der Waals surface area contributed by atoms with E-state index in [0.29, 0.717) is 17.9 Å². The number of benzene rings is 2. The van der Waals surface area contributed by atoms with Gasteiger partial charge in [0.1, 0.15) is 5.82 Å². The first kappa shape index (κ1) is 18.2. The van der Waals surface area contributed by atoms with Gasteiger partial charge in [-0.05, 0) is 42.8 Å². The van der Waals surface area contributed by atoms with Gasteiger partial charge in [-0.15, -0.1) is 0 Å². The zero-order valence-corrected chi connectivity index (χ0v) is 14.2. The van der Waals surface area contributed by atoms with Crippen molar-refractivity contribution in [2.24, 2.45) is 0 Å². The van der Waals surface area contributed by atoms with Crippen molar-refractivity contribution >= 4 is 40.8 Å². The first-order valence-electron chi connectivity index (χ1n) is 7.15. The Bertz CT molecular complexity index is 763. The van der Waals surface area contributed by atoms with E-state index in [4.69, 9.17) is 27.9 Å². The van der Waals surface area contributed by atoms with Crippen LogP contribution < -0.4 is 5.32 Å². The van der Waals surface area contributed by atoms with Gasteiger partial charge >= 0.3 is 5.97 Å². The van der Waals surface area contributed by atoms with E-state index in [2.05, 4.69) is 5.32 Å². The Kier molecular flexibility index (Phi) is 6.17. The molecule has 0 aliphatic carbocycles. The second-order valence-corrected chi connectivity index (χ2v) is 5.73. The number of hydrogen-bond acceptors (Lipinski definition) is 3. The van der Waals surface area contributed by atoms with E-state index in [-0.39, 0.29) is 15.6 Å². The van der Waals surface area contributed by atoms with Gasteiger partial charge in [0.25, 0.3) is 5.91 Å². The van der Waals surface area contributed by atoms with Gasteiger partial charge in [-0.3, -0.25) is 4.79 Å². The first-order chi connectivity index (χ1) is 11.4. The van der Waals surface area contributed by atoms with Crippen LogP contribution in [0.1, 0.15) is 34.1 Å². The summed E-state index contributed by atoms with van der Waals surface area (Å²) in [5.74, 6) is -1.75. The standard InChI is InChI=1S/C17H14Cl2FNO3/c1-2-7-24-17(23)10-3-5-11(6-4-10)21-16(22)12-8-15(20)14(19)9-13(12)18/h3-6,8-9H,2,7H2,1H3,(H,21,22). The third-order valence-corrected chi connectivity index (χ3v) is 3.67. The highest BCUT2D eigenvalue weighted by Gasteiger charge is 2.15. The van der Waals surface area contributed by atoms with Crippen LogP contribution in [0.3, 0.4) is 0 Å². The van der Waals surface area contributed by atoms with Crippen molar-refractivity contribution in [3.05, 3.63) is 63.4 Å². The summed E-state index contributed by atoms with van der Waals surface area (Å²) in [5.41, 5.74) is 0.764. The van der Waals surface area contributed by atoms with Crippen LogP contribution >= 0.6 is 23.2 Å². The Morgan fingerprint density at radius 3 is 2.42 bits per heavy atom. The van der Waals surface area contributed by atoms with Gasteiger partial charge < -0.3 is 10.1 Å². The Labute approximate surface area is 148 Å². The molecule has 1 N–H and O–H groups in total. The molecule has 0 aromatic heterocycles. The molecular weight excluding hydrogens is 356 g/mol. The predicted octanol–water partition coefficient (Wildman–Crippen LogP) is 4.95. The topological polar surface area (TPSA) is 55.4 Å². The zero-order valence-electron chi connectivity index (χ0n) is 12.7. The number of rotatable bonds is 5. The molecule has 0 heterocycles. The lowest BCUT2D eigenvalue weighted by Crippen LogP contribution is -2.13. The molecule has 0 atom stereocenters. The third kappa shape index (κ3) is 4.46. The molecule has 2 aromatic rings. The van der Waals surface area contributed by atoms with Crippen molar-refractivity contribution in [2.75, 3.05) is 11.9 Å². The molecule has 0 saturated carbocycles. The van der Waals surface area contributed by atoms with Crippen LogP contribution in [0.4, 0.5) is 10.1 Å². The quantitative estimate of drug-likeness (QED) is 0.598. The number of nitrogens with one attached hydrogen (secondary N) is 1. The average Bonchev–Trinajstić information content (AvgIpc) is 2.56. The summed E-state index contributed by atoms with van der Waals surface area (Å²) in [7, 11) is 0. The second kappa shape index (κ2) is 8.13. The van der Waals surface area contributed by atoms with Crippen LogP contribution in [0.2, 0.25) is 10.0 Å². The summed E-state index contributed by atoms with van der Waals surface area (Å²) >= 11 is 11.5.